The molecule has 2 N–H and O–H groups in total. The first-order chi connectivity index (χ1) is 7.24. The van der Waals surface area contributed by atoms with Crippen molar-refractivity contribution in [3.8, 4) is 0 Å². The molecule has 0 spiro atoms. The summed E-state index contributed by atoms with van der Waals surface area (Å²) in [5.74, 6) is 0. The van der Waals surface area contributed by atoms with E-state index in [1.165, 1.54) is 23.7 Å². The first kappa shape index (κ1) is 10.1. The predicted molar refractivity (Wildman–Crippen MR) is 66.0 cm³/mol. The first-order valence-electron chi connectivity index (χ1n) is 5.59. The minimum atomic E-state index is 0.525. The fourth-order valence-electron chi connectivity index (χ4n) is 2.17. The Bertz CT molecular complexity index is 457. The number of benzene rings is 1. The SMILES string of the molecule is CCCC(C)n1ccc2cccc(N)c21. The second-order valence-electron chi connectivity index (χ2n) is 4.15. The second-order valence-corrected chi connectivity index (χ2v) is 4.15. The van der Waals surface area contributed by atoms with Crippen LogP contribution >= 0.6 is 0 Å². The normalized spacial score (nSPS) is 13.2. The van der Waals surface area contributed by atoms with Gasteiger partial charge in [-0.25, -0.2) is 0 Å². The Labute approximate surface area is 90.7 Å². The number of nitrogen functional groups attached to an aromatic ring is 1. The molecule has 1 aromatic carbocycles. The molecule has 0 saturated heterocycles. The molecule has 0 amide bonds. The molecule has 0 aliphatic heterocycles. The van der Waals surface area contributed by atoms with Gasteiger partial charge in [-0.15, -0.1) is 0 Å². The number of hydrogen-bond acceptors (Lipinski definition) is 1. The van der Waals surface area contributed by atoms with Crippen LogP contribution in [0.25, 0.3) is 10.9 Å². The summed E-state index contributed by atoms with van der Waals surface area (Å²) in [5, 5.41) is 1.23. The van der Waals surface area contributed by atoms with Crippen molar-refractivity contribution in [1.29, 1.82) is 0 Å². The van der Waals surface area contributed by atoms with E-state index in [-0.39, 0.29) is 0 Å². The summed E-state index contributed by atoms with van der Waals surface area (Å²) in [6.45, 7) is 4.46. The van der Waals surface area contributed by atoms with E-state index in [0.717, 1.165) is 5.69 Å². The van der Waals surface area contributed by atoms with E-state index in [2.05, 4.69) is 36.7 Å². The van der Waals surface area contributed by atoms with E-state index in [1.807, 2.05) is 12.1 Å². The maximum absolute atomic E-state index is 6.01. The Kier molecular flexibility index (Phi) is 2.67. The summed E-state index contributed by atoms with van der Waals surface area (Å²) in [4.78, 5) is 0. The number of nitrogens with zero attached hydrogens (tertiary/aromatic N) is 1. The minimum Gasteiger partial charge on any atom is -0.397 e. The van der Waals surface area contributed by atoms with Crippen LogP contribution in [0.15, 0.2) is 30.5 Å². The van der Waals surface area contributed by atoms with Crippen molar-refractivity contribution in [2.45, 2.75) is 32.7 Å². The van der Waals surface area contributed by atoms with Gasteiger partial charge in [0.1, 0.15) is 0 Å². The zero-order valence-electron chi connectivity index (χ0n) is 9.40. The van der Waals surface area contributed by atoms with Crippen LogP contribution in [0.4, 0.5) is 5.69 Å². The fraction of sp³-hybridized carbons (Fsp3) is 0.385. The lowest BCUT2D eigenvalue weighted by atomic mass is 10.2. The molecule has 0 bridgehead atoms. The molecule has 0 aliphatic rings. The van der Waals surface area contributed by atoms with Crippen molar-refractivity contribution in [2.24, 2.45) is 0 Å². The summed E-state index contributed by atoms with van der Waals surface area (Å²) in [6.07, 6.45) is 4.53. The number of rotatable bonds is 3. The zero-order valence-corrected chi connectivity index (χ0v) is 9.40. The van der Waals surface area contributed by atoms with Gasteiger partial charge in [-0.05, 0) is 25.5 Å². The number of para-hydroxylation sites is 1. The first-order valence-corrected chi connectivity index (χ1v) is 5.59. The summed E-state index contributed by atoms with van der Waals surface area (Å²) in [7, 11) is 0. The Morgan fingerprint density at radius 3 is 2.87 bits per heavy atom. The van der Waals surface area contributed by atoms with Crippen LogP contribution in [0, 0.1) is 0 Å². The topological polar surface area (TPSA) is 30.9 Å². The maximum Gasteiger partial charge on any atom is 0.0716 e. The smallest absolute Gasteiger partial charge is 0.0716 e. The number of anilines is 1. The third-order valence-corrected chi connectivity index (χ3v) is 2.95. The lowest BCUT2D eigenvalue weighted by Crippen LogP contribution is -2.04. The maximum atomic E-state index is 6.01. The molecule has 1 atom stereocenters. The van der Waals surface area contributed by atoms with Gasteiger partial charge in [0.2, 0.25) is 0 Å². The van der Waals surface area contributed by atoms with E-state index in [1.54, 1.807) is 0 Å². The molecule has 2 aromatic rings. The zero-order chi connectivity index (χ0) is 10.8. The van der Waals surface area contributed by atoms with E-state index in [9.17, 15) is 0 Å². The molecule has 80 valence electrons. The van der Waals surface area contributed by atoms with Gasteiger partial charge in [0.25, 0.3) is 0 Å². The summed E-state index contributed by atoms with van der Waals surface area (Å²) in [6, 6.07) is 8.75. The molecule has 0 aliphatic carbocycles. The van der Waals surface area contributed by atoms with Gasteiger partial charge in [0, 0.05) is 17.6 Å². The highest BCUT2D eigenvalue weighted by Crippen LogP contribution is 2.26. The van der Waals surface area contributed by atoms with Crippen LogP contribution in [0.2, 0.25) is 0 Å². The van der Waals surface area contributed by atoms with Crippen molar-refractivity contribution in [1.82, 2.24) is 4.57 Å². The standard InChI is InChI=1S/C13H18N2/c1-3-5-10(2)15-9-8-11-6-4-7-12(14)13(11)15/h4,6-10H,3,5,14H2,1-2H3. The van der Waals surface area contributed by atoms with E-state index >= 15 is 0 Å². The van der Waals surface area contributed by atoms with Crippen LogP contribution in [-0.4, -0.2) is 4.57 Å². The molecule has 1 heterocycles. The molecule has 2 rings (SSSR count). The Morgan fingerprint density at radius 2 is 2.13 bits per heavy atom. The van der Waals surface area contributed by atoms with Crippen molar-refractivity contribution >= 4 is 16.6 Å². The minimum absolute atomic E-state index is 0.525. The second kappa shape index (κ2) is 3.97. The molecule has 1 aromatic heterocycles. The van der Waals surface area contributed by atoms with Crippen molar-refractivity contribution in [3.63, 3.8) is 0 Å². The molecule has 0 fully saturated rings. The van der Waals surface area contributed by atoms with Crippen molar-refractivity contribution in [3.05, 3.63) is 30.5 Å². The third kappa shape index (κ3) is 1.72. The lowest BCUT2D eigenvalue weighted by Gasteiger charge is -2.15. The van der Waals surface area contributed by atoms with E-state index in [0.29, 0.717) is 6.04 Å². The Morgan fingerprint density at radius 1 is 1.33 bits per heavy atom. The van der Waals surface area contributed by atoms with Gasteiger partial charge in [-0.1, -0.05) is 25.5 Å². The Hall–Kier alpha value is -1.44. The van der Waals surface area contributed by atoms with Crippen LogP contribution in [-0.2, 0) is 0 Å². The highest BCUT2D eigenvalue weighted by Gasteiger charge is 2.08. The number of aromatic nitrogens is 1. The lowest BCUT2D eigenvalue weighted by molar-refractivity contribution is 0.515. The van der Waals surface area contributed by atoms with Gasteiger partial charge in [0.05, 0.1) is 11.2 Å². The molecule has 2 nitrogen and oxygen atoms in total. The van der Waals surface area contributed by atoms with Crippen LogP contribution < -0.4 is 5.73 Å². The summed E-state index contributed by atoms with van der Waals surface area (Å²) < 4.78 is 2.29. The molecule has 0 saturated carbocycles. The molecule has 1 unspecified atom stereocenters. The van der Waals surface area contributed by atoms with Gasteiger partial charge in [-0.3, -0.25) is 0 Å². The molecule has 0 radical (unpaired) electrons. The van der Waals surface area contributed by atoms with Gasteiger partial charge in [0.15, 0.2) is 0 Å². The van der Waals surface area contributed by atoms with E-state index < -0.39 is 0 Å². The van der Waals surface area contributed by atoms with Crippen molar-refractivity contribution in [2.75, 3.05) is 5.73 Å². The average molecular weight is 202 g/mol. The van der Waals surface area contributed by atoms with Gasteiger partial charge >= 0.3 is 0 Å². The monoisotopic (exact) mass is 202 g/mol. The van der Waals surface area contributed by atoms with Gasteiger partial charge in [-0.2, -0.15) is 0 Å². The summed E-state index contributed by atoms with van der Waals surface area (Å²) in [5.41, 5.74) is 8.07. The largest absolute Gasteiger partial charge is 0.397 e. The predicted octanol–water partition coefficient (Wildman–Crippen LogP) is 3.58. The van der Waals surface area contributed by atoms with Crippen LogP contribution in [0.1, 0.15) is 32.7 Å². The number of nitrogens with two attached hydrogens (primary N) is 1. The Balaban J connectivity index is 2.52. The average Bonchev–Trinajstić information content (AvgIpc) is 2.63. The molecule has 2 heteroatoms. The van der Waals surface area contributed by atoms with E-state index in [4.69, 9.17) is 5.73 Å². The third-order valence-electron chi connectivity index (χ3n) is 2.95. The quantitative estimate of drug-likeness (QED) is 0.758. The summed E-state index contributed by atoms with van der Waals surface area (Å²) >= 11 is 0. The molecule has 15 heavy (non-hydrogen) atoms. The fourth-order valence-corrected chi connectivity index (χ4v) is 2.17. The number of fused-ring (bicyclic) bond motifs is 1. The van der Waals surface area contributed by atoms with Crippen LogP contribution in [0.3, 0.4) is 0 Å². The highest BCUT2D eigenvalue weighted by atomic mass is 15.0. The van der Waals surface area contributed by atoms with Crippen LogP contribution in [0.5, 0.6) is 0 Å². The highest BCUT2D eigenvalue weighted by molar-refractivity contribution is 5.90. The molecular weight excluding hydrogens is 184 g/mol. The van der Waals surface area contributed by atoms with Crippen molar-refractivity contribution < 1.29 is 0 Å². The molecular formula is C13H18N2. The number of hydrogen-bond donors (Lipinski definition) is 1. The van der Waals surface area contributed by atoms with Gasteiger partial charge < -0.3 is 10.3 Å².